The summed E-state index contributed by atoms with van der Waals surface area (Å²) < 4.78 is 1.73. The monoisotopic (exact) mass is 303 g/mol. The summed E-state index contributed by atoms with van der Waals surface area (Å²) in [6.45, 7) is 3.38. The second kappa shape index (κ2) is 5.92. The first-order valence-electron chi connectivity index (χ1n) is 7.54. The van der Waals surface area contributed by atoms with Crippen LogP contribution in [-0.2, 0) is 7.05 Å². The Balaban J connectivity index is 1.75. The lowest BCUT2D eigenvalue weighted by Gasteiger charge is -2.31. The highest BCUT2D eigenvalue weighted by molar-refractivity contribution is 5.92. The standard InChI is InChI=1S/C15H21N5O2/c1-10-13-6-12(7-16-14(13)19(2)18-10)17-15(22)20-5-3-4-11(8-20)9-21/h6-7,11,21H,3-5,8-9H2,1-2H3,(H,17,22). The van der Waals surface area contributed by atoms with Crippen LogP contribution < -0.4 is 5.32 Å². The maximum Gasteiger partial charge on any atom is 0.321 e. The first-order valence-corrected chi connectivity index (χ1v) is 7.54. The smallest absolute Gasteiger partial charge is 0.321 e. The van der Waals surface area contributed by atoms with Crippen LogP contribution in [0.1, 0.15) is 18.5 Å². The van der Waals surface area contributed by atoms with Gasteiger partial charge in [-0.3, -0.25) is 4.68 Å². The van der Waals surface area contributed by atoms with Crippen LogP contribution in [0.2, 0.25) is 0 Å². The number of hydrogen-bond donors (Lipinski definition) is 2. The molecule has 1 atom stereocenters. The number of pyridine rings is 1. The Kier molecular flexibility index (Phi) is 3.98. The number of aliphatic hydroxyl groups excluding tert-OH is 1. The molecule has 2 aromatic rings. The molecule has 7 heteroatoms. The molecule has 3 rings (SSSR count). The van der Waals surface area contributed by atoms with Gasteiger partial charge < -0.3 is 15.3 Å². The van der Waals surface area contributed by atoms with Crippen LogP contribution in [-0.4, -0.2) is 50.5 Å². The van der Waals surface area contributed by atoms with Gasteiger partial charge in [0.15, 0.2) is 5.65 Å². The van der Waals surface area contributed by atoms with E-state index in [0.717, 1.165) is 36.1 Å². The number of carbonyl (C=O) groups excluding carboxylic acids is 1. The van der Waals surface area contributed by atoms with Crippen molar-refractivity contribution in [3.05, 3.63) is 18.0 Å². The highest BCUT2D eigenvalue weighted by Crippen LogP contribution is 2.21. The number of aliphatic hydroxyl groups is 1. The third-order valence-electron chi connectivity index (χ3n) is 4.18. The minimum atomic E-state index is -0.138. The first-order chi connectivity index (χ1) is 10.6. The lowest BCUT2D eigenvalue weighted by Crippen LogP contribution is -2.43. The molecule has 118 valence electrons. The molecule has 3 heterocycles. The Morgan fingerprint density at radius 2 is 2.36 bits per heavy atom. The van der Waals surface area contributed by atoms with Crippen molar-refractivity contribution in [2.45, 2.75) is 19.8 Å². The molecule has 0 spiro atoms. The first kappa shape index (κ1) is 14.8. The molecule has 1 unspecified atom stereocenters. The molecule has 2 aromatic heterocycles. The average molecular weight is 303 g/mol. The van der Waals surface area contributed by atoms with E-state index in [1.54, 1.807) is 15.8 Å². The zero-order valence-corrected chi connectivity index (χ0v) is 12.9. The Hall–Kier alpha value is -2.15. The van der Waals surface area contributed by atoms with E-state index in [2.05, 4.69) is 15.4 Å². The van der Waals surface area contributed by atoms with Crippen molar-refractivity contribution in [3.8, 4) is 0 Å². The average Bonchev–Trinajstić information content (AvgIpc) is 2.81. The summed E-state index contributed by atoms with van der Waals surface area (Å²) in [4.78, 5) is 18.5. The molecule has 0 radical (unpaired) electrons. The Labute approximate surface area is 128 Å². The van der Waals surface area contributed by atoms with E-state index in [-0.39, 0.29) is 18.6 Å². The Morgan fingerprint density at radius 1 is 1.55 bits per heavy atom. The van der Waals surface area contributed by atoms with E-state index in [1.807, 2.05) is 20.0 Å². The number of nitrogens with one attached hydrogen (secondary N) is 1. The molecule has 0 saturated carbocycles. The van der Waals surface area contributed by atoms with E-state index in [9.17, 15) is 9.90 Å². The number of aromatic nitrogens is 3. The fraction of sp³-hybridized carbons (Fsp3) is 0.533. The van der Waals surface area contributed by atoms with Gasteiger partial charge in [0.2, 0.25) is 0 Å². The third-order valence-corrected chi connectivity index (χ3v) is 4.18. The molecular weight excluding hydrogens is 282 g/mol. The highest BCUT2D eigenvalue weighted by atomic mass is 16.3. The largest absolute Gasteiger partial charge is 0.396 e. The summed E-state index contributed by atoms with van der Waals surface area (Å²) in [5, 5.41) is 17.4. The van der Waals surface area contributed by atoms with Gasteiger partial charge >= 0.3 is 6.03 Å². The van der Waals surface area contributed by atoms with Gasteiger partial charge in [-0.1, -0.05) is 0 Å². The summed E-state index contributed by atoms with van der Waals surface area (Å²) in [6, 6.07) is 1.76. The molecule has 22 heavy (non-hydrogen) atoms. The topological polar surface area (TPSA) is 83.3 Å². The summed E-state index contributed by atoms with van der Waals surface area (Å²) in [5.41, 5.74) is 2.35. The minimum Gasteiger partial charge on any atom is -0.396 e. The number of hydrogen-bond acceptors (Lipinski definition) is 4. The highest BCUT2D eigenvalue weighted by Gasteiger charge is 2.23. The molecule has 2 N–H and O–H groups in total. The molecule has 1 aliphatic heterocycles. The van der Waals surface area contributed by atoms with Crippen LogP contribution in [0, 0.1) is 12.8 Å². The summed E-state index contributed by atoms with van der Waals surface area (Å²) >= 11 is 0. The van der Waals surface area contributed by atoms with Crippen molar-refractivity contribution >= 4 is 22.8 Å². The second-order valence-corrected chi connectivity index (χ2v) is 5.87. The van der Waals surface area contributed by atoms with Crippen molar-refractivity contribution in [3.63, 3.8) is 0 Å². The SMILES string of the molecule is Cc1nn(C)c2ncc(NC(=O)N3CCCC(CO)C3)cc12. The lowest BCUT2D eigenvalue weighted by molar-refractivity contribution is 0.136. The minimum absolute atomic E-state index is 0.131. The van der Waals surface area contributed by atoms with E-state index >= 15 is 0 Å². The maximum atomic E-state index is 12.3. The van der Waals surface area contributed by atoms with Gasteiger partial charge in [-0.05, 0) is 31.7 Å². The molecule has 7 nitrogen and oxygen atoms in total. The van der Waals surface area contributed by atoms with Gasteiger partial charge in [-0.15, -0.1) is 0 Å². The fourth-order valence-electron chi connectivity index (χ4n) is 2.98. The Bertz CT molecular complexity index is 697. The number of likely N-dealkylation sites (tertiary alicyclic amines) is 1. The molecule has 0 aromatic carbocycles. The number of carbonyl (C=O) groups is 1. The van der Waals surface area contributed by atoms with E-state index in [1.165, 1.54) is 0 Å². The third kappa shape index (κ3) is 2.76. The number of aryl methyl sites for hydroxylation is 2. The van der Waals surface area contributed by atoms with E-state index in [4.69, 9.17) is 0 Å². The number of fused-ring (bicyclic) bond motifs is 1. The Morgan fingerprint density at radius 3 is 3.14 bits per heavy atom. The number of rotatable bonds is 2. The van der Waals surface area contributed by atoms with Crippen LogP contribution in [0.25, 0.3) is 11.0 Å². The normalized spacial score (nSPS) is 18.7. The van der Waals surface area contributed by atoms with Crippen LogP contribution >= 0.6 is 0 Å². The molecule has 1 saturated heterocycles. The van der Waals surface area contributed by atoms with E-state index < -0.39 is 0 Å². The predicted octanol–water partition coefficient (Wildman–Crippen LogP) is 1.51. The van der Waals surface area contributed by atoms with Crippen molar-refractivity contribution in [2.75, 3.05) is 25.0 Å². The predicted molar refractivity (Wildman–Crippen MR) is 83.6 cm³/mol. The fourth-order valence-corrected chi connectivity index (χ4v) is 2.98. The summed E-state index contributed by atoms with van der Waals surface area (Å²) in [7, 11) is 1.85. The quantitative estimate of drug-likeness (QED) is 0.881. The van der Waals surface area contributed by atoms with Gasteiger partial charge in [0.25, 0.3) is 0 Å². The molecule has 2 amide bonds. The number of nitrogens with zero attached hydrogens (tertiary/aromatic N) is 4. The van der Waals surface area contributed by atoms with Crippen LogP contribution in [0.4, 0.5) is 10.5 Å². The summed E-state index contributed by atoms with van der Waals surface area (Å²) in [5.74, 6) is 0.181. The zero-order chi connectivity index (χ0) is 15.7. The van der Waals surface area contributed by atoms with Gasteiger partial charge in [0.1, 0.15) is 0 Å². The number of urea groups is 1. The molecular formula is C15H21N5O2. The van der Waals surface area contributed by atoms with Crippen molar-refractivity contribution in [1.29, 1.82) is 0 Å². The lowest BCUT2D eigenvalue weighted by atomic mass is 9.99. The van der Waals surface area contributed by atoms with Gasteiger partial charge in [0, 0.05) is 32.1 Å². The van der Waals surface area contributed by atoms with Crippen LogP contribution in [0.3, 0.4) is 0 Å². The molecule has 1 fully saturated rings. The molecule has 0 bridgehead atoms. The van der Waals surface area contributed by atoms with Crippen LogP contribution in [0.15, 0.2) is 12.3 Å². The molecule has 1 aliphatic rings. The van der Waals surface area contributed by atoms with Crippen molar-refractivity contribution in [2.24, 2.45) is 13.0 Å². The number of anilines is 1. The van der Waals surface area contributed by atoms with Gasteiger partial charge in [0.05, 0.1) is 17.6 Å². The molecule has 0 aliphatic carbocycles. The van der Waals surface area contributed by atoms with Crippen LogP contribution in [0.5, 0.6) is 0 Å². The number of piperidine rings is 1. The van der Waals surface area contributed by atoms with Crippen molar-refractivity contribution < 1.29 is 9.90 Å². The number of amides is 2. The second-order valence-electron chi connectivity index (χ2n) is 5.87. The van der Waals surface area contributed by atoms with E-state index in [0.29, 0.717) is 12.2 Å². The zero-order valence-electron chi connectivity index (χ0n) is 12.9. The van der Waals surface area contributed by atoms with Gasteiger partial charge in [-0.2, -0.15) is 5.10 Å². The summed E-state index contributed by atoms with van der Waals surface area (Å²) in [6.07, 6.45) is 3.55. The van der Waals surface area contributed by atoms with Gasteiger partial charge in [-0.25, -0.2) is 9.78 Å². The van der Waals surface area contributed by atoms with Crippen molar-refractivity contribution in [1.82, 2.24) is 19.7 Å². The maximum absolute atomic E-state index is 12.3.